The molecule has 94 valence electrons. The van der Waals surface area contributed by atoms with E-state index >= 15 is 0 Å². The van der Waals surface area contributed by atoms with Crippen molar-refractivity contribution in [2.45, 2.75) is 20.0 Å². The average molecular weight is 234 g/mol. The van der Waals surface area contributed by atoms with Gasteiger partial charge in [0.15, 0.2) is 0 Å². The maximum absolute atomic E-state index is 5.77. The third-order valence-electron chi connectivity index (χ3n) is 3.34. The fourth-order valence-corrected chi connectivity index (χ4v) is 2.19. The van der Waals surface area contributed by atoms with Crippen LogP contribution < -0.4 is 5.32 Å². The van der Waals surface area contributed by atoms with Gasteiger partial charge in [-0.1, -0.05) is 25.1 Å². The van der Waals surface area contributed by atoms with Gasteiger partial charge in [-0.25, -0.2) is 0 Å². The molecule has 0 aliphatic carbocycles. The highest BCUT2D eigenvalue weighted by atomic mass is 16.5. The molecule has 0 bridgehead atoms. The van der Waals surface area contributed by atoms with E-state index in [1.807, 2.05) is 0 Å². The second-order valence-corrected chi connectivity index (χ2v) is 4.58. The second-order valence-electron chi connectivity index (χ2n) is 4.58. The molecule has 1 heterocycles. The van der Waals surface area contributed by atoms with Crippen LogP contribution in [0.3, 0.4) is 0 Å². The number of anilines is 1. The summed E-state index contributed by atoms with van der Waals surface area (Å²) >= 11 is 0. The Morgan fingerprint density at radius 1 is 1.41 bits per heavy atom. The van der Waals surface area contributed by atoms with Gasteiger partial charge in [0.05, 0.1) is 12.7 Å². The lowest BCUT2D eigenvalue weighted by Crippen LogP contribution is -2.45. The molecular formula is C14H22N2O. The van der Waals surface area contributed by atoms with Crippen LogP contribution in [-0.4, -0.2) is 43.8 Å². The number of morpholine rings is 1. The van der Waals surface area contributed by atoms with Crippen molar-refractivity contribution in [3.05, 3.63) is 29.8 Å². The van der Waals surface area contributed by atoms with Crippen molar-refractivity contribution in [2.24, 2.45) is 0 Å². The fraction of sp³-hybridized carbons (Fsp3) is 0.571. The zero-order chi connectivity index (χ0) is 12.1. The summed E-state index contributed by atoms with van der Waals surface area (Å²) < 4.78 is 5.77. The minimum atomic E-state index is 0.309. The van der Waals surface area contributed by atoms with E-state index in [9.17, 15) is 0 Å². The number of likely N-dealkylation sites (N-methyl/N-ethyl adjacent to an activating group) is 1. The highest BCUT2D eigenvalue weighted by Crippen LogP contribution is 2.14. The van der Waals surface area contributed by atoms with Crippen molar-refractivity contribution in [1.29, 1.82) is 0 Å². The number of hydrogen-bond donors (Lipinski definition) is 1. The molecule has 1 fully saturated rings. The molecule has 1 unspecified atom stereocenters. The molecule has 1 atom stereocenters. The largest absolute Gasteiger partial charge is 0.382 e. The molecular weight excluding hydrogens is 212 g/mol. The zero-order valence-electron chi connectivity index (χ0n) is 10.8. The van der Waals surface area contributed by atoms with E-state index in [1.165, 1.54) is 11.3 Å². The Morgan fingerprint density at radius 3 is 3.00 bits per heavy atom. The maximum Gasteiger partial charge on any atom is 0.0874 e. The Bertz CT molecular complexity index is 354. The van der Waals surface area contributed by atoms with Crippen LogP contribution in [0.1, 0.15) is 12.5 Å². The lowest BCUT2D eigenvalue weighted by Gasteiger charge is -2.32. The summed E-state index contributed by atoms with van der Waals surface area (Å²) in [5.41, 5.74) is 2.50. The van der Waals surface area contributed by atoms with Crippen molar-refractivity contribution >= 4 is 5.69 Å². The summed E-state index contributed by atoms with van der Waals surface area (Å²) in [7, 11) is 0. The van der Waals surface area contributed by atoms with Crippen molar-refractivity contribution in [3.63, 3.8) is 0 Å². The molecule has 17 heavy (non-hydrogen) atoms. The van der Waals surface area contributed by atoms with Crippen LogP contribution in [0.2, 0.25) is 0 Å². The lowest BCUT2D eigenvalue weighted by atomic mass is 10.2. The first-order valence-electron chi connectivity index (χ1n) is 6.43. The van der Waals surface area contributed by atoms with E-state index < -0.39 is 0 Å². The normalized spacial score (nSPS) is 21.4. The molecule has 1 aliphatic heterocycles. The van der Waals surface area contributed by atoms with Gasteiger partial charge in [-0.15, -0.1) is 0 Å². The summed E-state index contributed by atoms with van der Waals surface area (Å²) in [6, 6.07) is 8.38. The second kappa shape index (κ2) is 6.03. The van der Waals surface area contributed by atoms with E-state index in [4.69, 9.17) is 4.74 Å². The molecule has 0 aromatic heterocycles. The number of aryl methyl sites for hydroxylation is 1. The highest BCUT2D eigenvalue weighted by molar-refractivity contribution is 5.50. The fourth-order valence-electron chi connectivity index (χ4n) is 2.19. The van der Waals surface area contributed by atoms with Crippen LogP contribution in [0, 0.1) is 6.92 Å². The van der Waals surface area contributed by atoms with E-state index in [0.717, 1.165) is 32.8 Å². The van der Waals surface area contributed by atoms with Gasteiger partial charge in [0.2, 0.25) is 0 Å². The van der Waals surface area contributed by atoms with Crippen LogP contribution in [-0.2, 0) is 4.74 Å². The SMILES string of the molecule is CCN1CCOC(CNc2ccccc2C)C1. The summed E-state index contributed by atoms with van der Waals surface area (Å²) in [6.45, 7) is 9.30. The van der Waals surface area contributed by atoms with Crippen molar-refractivity contribution in [2.75, 3.05) is 38.1 Å². The molecule has 1 saturated heterocycles. The number of para-hydroxylation sites is 1. The predicted octanol–water partition coefficient (Wildman–Crippen LogP) is 2.13. The molecule has 0 spiro atoms. The minimum Gasteiger partial charge on any atom is -0.382 e. The lowest BCUT2D eigenvalue weighted by molar-refractivity contribution is -0.0191. The molecule has 1 aromatic rings. The molecule has 1 aliphatic rings. The van der Waals surface area contributed by atoms with E-state index in [2.05, 4.69) is 48.3 Å². The number of hydrogen-bond acceptors (Lipinski definition) is 3. The molecule has 0 saturated carbocycles. The zero-order valence-corrected chi connectivity index (χ0v) is 10.8. The third kappa shape index (κ3) is 3.45. The van der Waals surface area contributed by atoms with Crippen LogP contribution in [0.5, 0.6) is 0 Å². The van der Waals surface area contributed by atoms with Gasteiger partial charge in [0.25, 0.3) is 0 Å². The Hall–Kier alpha value is -1.06. The van der Waals surface area contributed by atoms with Gasteiger partial charge >= 0.3 is 0 Å². The first-order valence-corrected chi connectivity index (χ1v) is 6.43. The number of benzene rings is 1. The van der Waals surface area contributed by atoms with Gasteiger partial charge < -0.3 is 10.1 Å². The average Bonchev–Trinajstić information content (AvgIpc) is 2.38. The smallest absolute Gasteiger partial charge is 0.0874 e. The number of nitrogens with zero attached hydrogens (tertiary/aromatic N) is 1. The Balaban J connectivity index is 1.84. The van der Waals surface area contributed by atoms with Crippen molar-refractivity contribution < 1.29 is 4.74 Å². The molecule has 1 N–H and O–H groups in total. The topological polar surface area (TPSA) is 24.5 Å². The number of nitrogens with one attached hydrogen (secondary N) is 1. The van der Waals surface area contributed by atoms with E-state index in [0.29, 0.717) is 6.10 Å². The van der Waals surface area contributed by atoms with Crippen LogP contribution >= 0.6 is 0 Å². The summed E-state index contributed by atoms with van der Waals surface area (Å²) in [6.07, 6.45) is 0.309. The maximum atomic E-state index is 5.77. The van der Waals surface area contributed by atoms with Gasteiger partial charge in [0, 0.05) is 25.3 Å². The molecule has 2 rings (SSSR count). The summed E-state index contributed by atoms with van der Waals surface area (Å²) in [4.78, 5) is 2.44. The Morgan fingerprint density at radius 2 is 2.24 bits per heavy atom. The van der Waals surface area contributed by atoms with Crippen molar-refractivity contribution in [3.8, 4) is 0 Å². The summed E-state index contributed by atoms with van der Waals surface area (Å²) in [5.74, 6) is 0. The van der Waals surface area contributed by atoms with Crippen LogP contribution in [0.15, 0.2) is 24.3 Å². The standard InChI is InChI=1S/C14H22N2O/c1-3-16-8-9-17-13(11-16)10-15-14-7-5-4-6-12(14)2/h4-7,13,15H,3,8-11H2,1-2H3. The molecule has 1 aromatic carbocycles. The Labute approximate surface area is 104 Å². The van der Waals surface area contributed by atoms with Crippen LogP contribution in [0.4, 0.5) is 5.69 Å². The summed E-state index contributed by atoms with van der Waals surface area (Å²) in [5, 5.41) is 3.48. The van der Waals surface area contributed by atoms with Crippen LogP contribution in [0.25, 0.3) is 0 Å². The quantitative estimate of drug-likeness (QED) is 0.863. The monoisotopic (exact) mass is 234 g/mol. The molecule has 3 heteroatoms. The molecule has 0 radical (unpaired) electrons. The van der Waals surface area contributed by atoms with Gasteiger partial charge in [0.1, 0.15) is 0 Å². The molecule has 3 nitrogen and oxygen atoms in total. The number of ether oxygens (including phenoxy) is 1. The van der Waals surface area contributed by atoms with Gasteiger partial charge in [-0.3, -0.25) is 4.90 Å². The van der Waals surface area contributed by atoms with Gasteiger partial charge in [-0.05, 0) is 25.1 Å². The molecule has 0 amide bonds. The third-order valence-corrected chi connectivity index (χ3v) is 3.34. The Kier molecular flexibility index (Phi) is 4.40. The highest BCUT2D eigenvalue weighted by Gasteiger charge is 2.18. The number of rotatable bonds is 4. The minimum absolute atomic E-state index is 0.309. The first kappa shape index (κ1) is 12.4. The first-order chi connectivity index (χ1) is 8.29. The van der Waals surface area contributed by atoms with E-state index in [-0.39, 0.29) is 0 Å². The van der Waals surface area contributed by atoms with Crippen molar-refractivity contribution in [1.82, 2.24) is 4.90 Å². The van der Waals surface area contributed by atoms with E-state index in [1.54, 1.807) is 0 Å². The van der Waals surface area contributed by atoms with Gasteiger partial charge in [-0.2, -0.15) is 0 Å². The predicted molar refractivity (Wildman–Crippen MR) is 71.5 cm³/mol.